The fourth-order valence-electron chi connectivity index (χ4n) is 4.32. The van der Waals surface area contributed by atoms with E-state index >= 15 is 0 Å². The van der Waals surface area contributed by atoms with Gasteiger partial charge in [0.2, 0.25) is 0 Å². The van der Waals surface area contributed by atoms with Crippen molar-refractivity contribution < 1.29 is 24.1 Å². The van der Waals surface area contributed by atoms with Gasteiger partial charge < -0.3 is 24.6 Å². The summed E-state index contributed by atoms with van der Waals surface area (Å²) in [6.45, 7) is 13.2. The number of hydrogen-bond donors (Lipinski definition) is 2. The van der Waals surface area contributed by atoms with Crippen LogP contribution in [0.3, 0.4) is 0 Å². The molecule has 39 heavy (non-hydrogen) atoms. The summed E-state index contributed by atoms with van der Waals surface area (Å²) in [5.41, 5.74) is 0.477. The van der Waals surface area contributed by atoms with Crippen molar-refractivity contribution in [3.8, 4) is 17.2 Å². The second kappa shape index (κ2) is 10.8. The average Bonchev–Trinajstić information content (AvgIpc) is 2.82. The number of carbonyl (C=O) groups is 1. The van der Waals surface area contributed by atoms with Crippen molar-refractivity contribution in [2.24, 2.45) is 0 Å². The molecule has 0 radical (unpaired) electrons. The molecule has 8 nitrogen and oxygen atoms in total. The van der Waals surface area contributed by atoms with Crippen LogP contribution in [0.5, 0.6) is 17.2 Å². The van der Waals surface area contributed by atoms with Gasteiger partial charge in [-0.25, -0.2) is 14.8 Å². The van der Waals surface area contributed by atoms with Crippen LogP contribution in [0.4, 0.5) is 4.79 Å². The molecule has 0 saturated heterocycles. The molecule has 8 heteroatoms. The van der Waals surface area contributed by atoms with Crippen molar-refractivity contribution in [2.45, 2.75) is 90.1 Å². The van der Waals surface area contributed by atoms with Crippen LogP contribution in [0.2, 0.25) is 0 Å². The number of alkyl carbamates (subject to hydrolysis) is 1. The van der Waals surface area contributed by atoms with E-state index in [1.54, 1.807) is 26.2 Å². The van der Waals surface area contributed by atoms with Crippen LogP contribution in [-0.4, -0.2) is 38.9 Å². The molecule has 0 atom stereocenters. The van der Waals surface area contributed by atoms with Crippen LogP contribution >= 0.6 is 0 Å². The van der Waals surface area contributed by atoms with Gasteiger partial charge in [0, 0.05) is 24.3 Å². The van der Waals surface area contributed by atoms with E-state index < -0.39 is 11.2 Å². The number of benzene rings is 2. The predicted molar refractivity (Wildman–Crippen MR) is 149 cm³/mol. The molecule has 1 aromatic heterocycles. The maximum absolute atomic E-state index is 11.9. The summed E-state index contributed by atoms with van der Waals surface area (Å²) in [6, 6.07) is 16.2. The maximum Gasteiger partial charge on any atom is 0.407 e. The molecule has 1 aliphatic rings. The molecule has 1 aliphatic carbocycles. The van der Waals surface area contributed by atoms with E-state index in [0.717, 1.165) is 29.7 Å². The highest BCUT2D eigenvalue weighted by molar-refractivity contribution is 5.68. The zero-order valence-electron chi connectivity index (χ0n) is 23.8. The Morgan fingerprint density at radius 1 is 0.821 bits per heavy atom. The number of carbonyl (C=O) groups excluding carboxylic acids is 1. The molecule has 0 bridgehead atoms. The van der Waals surface area contributed by atoms with Gasteiger partial charge in [0.1, 0.15) is 28.8 Å². The number of amides is 1. The third-order valence-corrected chi connectivity index (χ3v) is 6.68. The monoisotopic (exact) mass is 533 g/mol. The molecular weight excluding hydrogens is 494 g/mol. The number of aliphatic hydroxyl groups is 1. The molecule has 208 valence electrons. The van der Waals surface area contributed by atoms with E-state index in [1.165, 1.54) is 0 Å². The largest absolute Gasteiger partial charge is 0.490 e. The Bertz CT molecular complexity index is 1250. The van der Waals surface area contributed by atoms with E-state index in [0.29, 0.717) is 17.3 Å². The number of hydrogen-bond acceptors (Lipinski definition) is 7. The van der Waals surface area contributed by atoms with Gasteiger partial charge >= 0.3 is 6.09 Å². The van der Waals surface area contributed by atoms with Crippen LogP contribution in [0.15, 0.2) is 60.9 Å². The number of rotatable bonds is 8. The minimum Gasteiger partial charge on any atom is -0.490 e. The molecule has 2 N–H and O–H groups in total. The Hall–Kier alpha value is -3.65. The second-order valence-corrected chi connectivity index (χ2v) is 12.1. The van der Waals surface area contributed by atoms with Crippen LogP contribution < -0.4 is 14.8 Å². The van der Waals surface area contributed by atoms with Crippen molar-refractivity contribution in [3.05, 3.63) is 77.9 Å². The van der Waals surface area contributed by atoms with Gasteiger partial charge in [-0.05, 0) is 70.0 Å². The zero-order chi connectivity index (χ0) is 28.4. The van der Waals surface area contributed by atoms with Gasteiger partial charge in [-0.3, -0.25) is 0 Å². The van der Waals surface area contributed by atoms with E-state index in [4.69, 9.17) is 14.2 Å². The Morgan fingerprint density at radius 2 is 1.33 bits per heavy atom. The third-order valence-electron chi connectivity index (χ3n) is 6.68. The molecule has 2 aromatic carbocycles. The van der Waals surface area contributed by atoms with Crippen LogP contribution in [-0.2, 0) is 15.8 Å². The molecule has 4 rings (SSSR count). The SMILES string of the molecule is CC(C)(C)OC(=O)N[C@H]1C[C@H](Oc2ccc(C(C)(C)c3ccc(Oc4cnc(C(C)(C)O)nc4)cc3)cc2)C1. The lowest BCUT2D eigenvalue weighted by Crippen LogP contribution is -2.50. The van der Waals surface area contributed by atoms with Gasteiger partial charge in [0.15, 0.2) is 11.6 Å². The summed E-state index contributed by atoms with van der Waals surface area (Å²) < 4.78 is 17.3. The molecule has 0 aliphatic heterocycles. The van der Waals surface area contributed by atoms with Crippen LogP contribution in [0.25, 0.3) is 0 Å². The molecule has 1 amide bonds. The zero-order valence-corrected chi connectivity index (χ0v) is 23.8. The highest BCUT2D eigenvalue weighted by atomic mass is 16.6. The minimum atomic E-state index is -1.10. The Kier molecular flexibility index (Phi) is 7.89. The Labute approximate surface area is 230 Å². The fraction of sp³-hybridized carbons (Fsp3) is 0.452. The summed E-state index contributed by atoms with van der Waals surface area (Å²) >= 11 is 0. The second-order valence-electron chi connectivity index (χ2n) is 12.1. The number of nitrogens with one attached hydrogen (secondary N) is 1. The maximum atomic E-state index is 11.9. The first kappa shape index (κ1) is 28.4. The van der Waals surface area contributed by atoms with Crippen molar-refractivity contribution in [2.75, 3.05) is 0 Å². The van der Waals surface area contributed by atoms with Crippen molar-refractivity contribution in [3.63, 3.8) is 0 Å². The van der Waals surface area contributed by atoms with Gasteiger partial charge in [-0.15, -0.1) is 0 Å². The normalized spacial score (nSPS) is 17.6. The molecular formula is C31H39N3O5. The topological polar surface area (TPSA) is 103 Å². The van der Waals surface area contributed by atoms with Gasteiger partial charge in [-0.2, -0.15) is 0 Å². The molecule has 0 spiro atoms. The highest BCUT2D eigenvalue weighted by Gasteiger charge is 2.33. The molecule has 3 aromatic rings. The molecule has 0 unspecified atom stereocenters. The predicted octanol–water partition coefficient (Wildman–Crippen LogP) is 6.26. The number of nitrogens with zero attached hydrogens (tertiary/aromatic N) is 2. The lowest BCUT2D eigenvalue weighted by atomic mass is 9.78. The van der Waals surface area contributed by atoms with Gasteiger partial charge in [0.25, 0.3) is 0 Å². The summed E-state index contributed by atoms with van der Waals surface area (Å²) in [7, 11) is 0. The van der Waals surface area contributed by atoms with Crippen molar-refractivity contribution >= 4 is 6.09 Å². The van der Waals surface area contributed by atoms with Crippen LogP contribution in [0, 0.1) is 0 Å². The first-order chi connectivity index (χ1) is 18.2. The number of aromatic nitrogens is 2. The Morgan fingerprint density at radius 3 is 1.82 bits per heavy atom. The summed E-state index contributed by atoms with van der Waals surface area (Å²) in [6.07, 6.45) is 4.33. The van der Waals surface area contributed by atoms with E-state index in [-0.39, 0.29) is 23.7 Å². The first-order valence-corrected chi connectivity index (χ1v) is 13.3. The summed E-state index contributed by atoms with van der Waals surface area (Å²) in [4.78, 5) is 20.3. The Balaban J connectivity index is 1.30. The third kappa shape index (κ3) is 7.47. The van der Waals surface area contributed by atoms with Gasteiger partial charge in [0.05, 0.1) is 12.4 Å². The van der Waals surface area contributed by atoms with Crippen molar-refractivity contribution in [1.29, 1.82) is 0 Å². The molecule has 1 heterocycles. The average molecular weight is 534 g/mol. The standard InChI is InChI=1S/C31H39N3O5/c1-29(2,3)39-28(35)34-22-16-25(17-22)37-23-12-8-20(9-13-23)30(4,5)21-10-14-24(15-11-21)38-26-18-32-27(33-19-26)31(6,7)36/h8-15,18-19,22,25,36H,16-17H2,1-7H3,(H,34,35)/t22-,25-. The minimum absolute atomic E-state index is 0.0769. The quantitative estimate of drug-likeness (QED) is 0.352. The molecule has 1 saturated carbocycles. The summed E-state index contributed by atoms with van der Waals surface area (Å²) in [5.74, 6) is 2.34. The van der Waals surface area contributed by atoms with Gasteiger partial charge in [-0.1, -0.05) is 38.1 Å². The van der Waals surface area contributed by atoms with E-state index in [2.05, 4.69) is 53.4 Å². The van der Waals surface area contributed by atoms with E-state index in [1.807, 2.05) is 45.0 Å². The van der Waals surface area contributed by atoms with Crippen molar-refractivity contribution in [1.82, 2.24) is 15.3 Å². The van der Waals surface area contributed by atoms with E-state index in [9.17, 15) is 9.90 Å². The number of ether oxygens (including phenoxy) is 3. The lowest BCUT2D eigenvalue weighted by molar-refractivity contribution is 0.0362. The summed E-state index contributed by atoms with van der Waals surface area (Å²) in [5, 5.41) is 12.9. The van der Waals surface area contributed by atoms with Crippen LogP contribution in [0.1, 0.15) is 78.3 Å². The fourth-order valence-corrected chi connectivity index (χ4v) is 4.32. The molecule has 1 fully saturated rings. The highest BCUT2D eigenvalue weighted by Crippen LogP contribution is 2.35. The smallest absolute Gasteiger partial charge is 0.407 e. The first-order valence-electron chi connectivity index (χ1n) is 13.3. The lowest BCUT2D eigenvalue weighted by Gasteiger charge is -2.36.